The van der Waals surface area contributed by atoms with Crippen LogP contribution in [0, 0.1) is 40.4 Å². The van der Waals surface area contributed by atoms with Gasteiger partial charge in [0.15, 0.2) is 0 Å². The molecular formula is C21H34O3. The lowest BCUT2D eigenvalue weighted by Crippen LogP contribution is -2.54. The lowest BCUT2D eigenvalue weighted by atomic mass is 9.44. The molecule has 4 aliphatic carbocycles. The summed E-state index contributed by atoms with van der Waals surface area (Å²) in [6.45, 7) is 6.44. The quantitative estimate of drug-likeness (QED) is 0.771. The third kappa shape index (κ3) is 2.19. The highest BCUT2D eigenvalue weighted by molar-refractivity contribution is 5.80. The van der Waals surface area contributed by atoms with E-state index in [2.05, 4.69) is 13.8 Å². The highest BCUT2D eigenvalue weighted by atomic mass is 16.3. The van der Waals surface area contributed by atoms with Crippen LogP contribution in [0.2, 0.25) is 0 Å². The molecule has 0 radical (unpaired) electrons. The van der Waals surface area contributed by atoms with Gasteiger partial charge in [0.2, 0.25) is 0 Å². The fourth-order valence-corrected chi connectivity index (χ4v) is 7.98. The molecule has 0 aliphatic heterocycles. The minimum absolute atomic E-state index is 0.00376. The largest absolute Gasteiger partial charge is 0.393 e. The van der Waals surface area contributed by atoms with Crippen LogP contribution in [0.5, 0.6) is 0 Å². The minimum Gasteiger partial charge on any atom is -0.393 e. The van der Waals surface area contributed by atoms with Crippen molar-refractivity contribution in [2.24, 2.45) is 40.4 Å². The minimum atomic E-state index is -0.435. The Morgan fingerprint density at radius 1 is 0.917 bits per heavy atom. The van der Waals surface area contributed by atoms with Crippen molar-refractivity contribution in [3.05, 3.63) is 0 Å². The molecular weight excluding hydrogens is 300 g/mol. The number of rotatable bonds is 1. The zero-order valence-corrected chi connectivity index (χ0v) is 15.5. The summed E-state index contributed by atoms with van der Waals surface area (Å²) in [7, 11) is 0. The summed E-state index contributed by atoms with van der Waals surface area (Å²) >= 11 is 0. The Kier molecular flexibility index (Phi) is 3.93. The molecule has 0 heterocycles. The van der Waals surface area contributed by atoms with Crippen molar-refractivity contribution >= 4 is 5.78 Å². The zero-order chi connectivity index (χ0) is 17.3. The van der Waals surface area contributed by atoms with Crippen LogP contribution >= 0.6 is 0 Å². The Morgan fingerprint density at radius 3 is 2.33 bits per heavy atom. The lowest BCUT2D eigenvalue weighted by molar-refractivity contribution is -0.140. The summed E-state index contributed by atoms with van der Waals surface area (Å²) in [6, 6.07) is 0. The van der Waals surface area contributed by atoms with Crippen molar-refractivity contribution in [2.75, 3.05) is 0 Å². The number of aliphatic hydroxyl groups excluding tert-OH is 2. The first-order chi connectivity index (χ1) is 11.3. The Hall–Kier alpha value is -0.410. The van der Waals surface area contributed by atoms with E-state index in [1.807, 2.05) is 0 Å². The molecule has 0 aromatic carbocycles. The normalized spacial score (nSPS) is 57.0. The molecule has 24 heavy (non-hydrogen) atoms. The molecule has 9 atom stereocenters. The molecule has 0 unspecified atom stereocenters. The maximum atomic E-state index is 12.2. The summed E-state index contributed by atoms with van der Waals surface area (Å²) in [5.74, 6) is 2.60. The van der Waals surface area contributed by atoms with E-state index in [0.717, 1.165) is 38.0 Å². The molecule has 0 spiro atoms. The van der Waals surface area contributed by atoms with E-state index in [-0.39, 0.29) is 23.2 Å². The maximum absolute atomic E-state index is 12.2. The van der Waals surface area contributed by atoms with Crippen molar-refractivity contribution in [3.8, 4) is 0 Å². The van der Waals surface area contributed by atoms with E-state index in [9.17, 15) is 15.0 Å². The van der Waals surface area contributed by atoms with Crippen molar-refractivity contribution in [1.82, 2.24) is 0 Å². The van der Waals surface area contributed by atoms with Gasteiger partial charge in [0.1, 0.15) is 5.78 Å². The first kappa shape index (κ1) is 17.0. The van der Waals surface area contributed by atoms with Crippen LogP contribution in [-0.2, 0) is 4.79 Å². The highest BCUT2D eigenvalue weighted by Crippen LogP contribution is 2.67. The topological polar surface area (TPSA) is 57.5 Å². The monoisotopic (exact) mass is 334 g/mol. The van der Waals surface area contributed by atoms with Gasteiger partial charge in [-0.25, -0.2) is 0 Å². The molecule has 4 fully saturated rings. The number of hydrogen-bond donors (Lipinski definition) is 2. The number of fused-ring (bicyclic) bond motifs is 5. The van der Waals surface area contributed by atoms with E-state index in [0.29, 0.717) is 23.2 Å². The van der Waals surface area contributed by atoms with E-state index in [4.69, 9.17) is 0 Å². The predicted molar refractivity (Wildman–Crippen MR) is 93.3 cm³/mol. The summed E-state index contributed by atoms with van der Waals surface area (Å²) in [6.07, 6.45) is 8.14. The smallest absolute Gasteiger partial charge is 0.136 e. The molecule has 4 aliphatic rings. The molecule has 0 bridgehead atoms. The first-order valence-corrected chi connectivity index (χ1v) is 10.1. The zero-order valence-electron chi connectivity index (χ0n) is 15.5. The number of carbonyl (C=O) groups excluding carboxylic acids is 1. The SMILES string of the molecule is CC(=O)[C@H]1[C@H](O)C[C@H]2[C@@H]3CC[C@@H]4C[C@H](O)CC[C@]4(C)[C@H]3CC[C@@]21C. The van der Waals surface area contributed by atoms with E-state index < -0.39 is 6.10 Å². The van der Waals surface area contributed by atoms with Gasteiger partial charge in [-0.05, 0) is 92.8 Å². The molecule has 2 N–H and O–H groups in total. The Bertz CT molecular complexity index is 531. The Morgan fingerprint density at radius 2 is 1.62 bits per heavy atom. The van der Waals surface area contributed by atoms with Crippen LogP contribution < -0.4 is 0 Å². The van der Waals surface area contributed by atoms with Gasteiger partial charge in [-0.1, -0.05) is 13.8 Å². The number of hydrogen-bond acceptors (Lipinski definition) is 3. The summed E-state index contributed by atoms with van der Waals surface area (Å²) in [5.41, 5.74) is 0.368. The fraction of sp³-hybridized carbons (Fsp3) is 0.952. The molecule has 4 saturated carbocycles. The summed E-state index contributed by atoms with van der Waals surface area (Å²) < 4.78 is 0. The van der Waals surface area contributed by atoms with Gasteiger partial charge in [0.05, 0.1) is 12.2 Å². The standard InChI is InChI=1S/C21H34O3/c1-12(22)19-18(24)11-17-15-5-4-13-10-14(23)6-8-20(13,2)16(15)7-9-21(17,19)3/h13-19,23-24H,4-11H2,1-3H3/t13-,14-,15-,16+,17+,18-,19+,20+,21+/m1/s1. The predicted octanol–water partition coefficient (Wildman–Crippen LogP) is 3.57. The summed E-state index contributed by atoms with van der Waals surface area (Å²) in [5, 5.41) is 20.7. The van der Waals surface area contributed by atoms with Crippen LogP contribution in [-0.4, -0.2) is 28.2 Å². The van der Waals surface area contributed by atoms with Gasteiger partial charge in [-0.3, -0.25) is 4.79 Å². The van der Waals surface area contributed by atoms with Crippen molar-refractivity contribution in [3.63, 3.8) is 0 Å². The molecule has 136 valence electrons. The number of carbonyl (C=O) groups is 1. The van der Waals surface area contributed by atoms with Gasteiger partial charge in [-0.15, -0.1) is 0 Å². The lowest BCUT2D eigenvalue weighted by Gasteiger charge is -2.60. The van der Waals surface area contributed by atoms with Gasteiger partial charge < -0.3 is 10.2 Å². The number of ketones is 1. The van der Waals surface area contributed by atoms with Crippen LogP contribution in [0.3, 0.4) is 0 Å². The van der Waals surface area contributed by atoms with Gasteiger partial charge in [0, 0.05) is 5.92 Å². The second kappa shape index (κ2) is 5.54. The number of Topliss-reactive ketones (excluding diaryl/α,β-unsaturated/α-hetero) is 1. The van der Waals surface area contributed by atoms with Gasteiger partial charge in [-0.2, -0.15) is 0 Å². The first-order valence-electron chi connectivity index (χ1n) is 10.1. The molecule has 4 rings (SSSR count). The Balaban J connectivity index is 1.64. The Labute approximate surface area is 146 Å². The van der Waals surface area contributed by atoms with Crippen molar-refractivity contribution in [2.45, 2.75) is 84.3 Å². The third-order valence-corrected chi connectivity index (χ3v) is 9.10. The van der Waals surface area contributed by atoms with Gasteiger partial charge >= 0.3 is 0 Å². The molecule has 0 aromatic rings. The molecule has 0 aromatic heterocycles. The third-order valence-electron chi connectivity index (χ3n) is 9.10. The molecule has 3 nitrogen and oxygen atoms in total. The molecule has 3 heteroatoms. The summed E-state index contributed by atoms with van der Waals surface area (Å²) in [4.78, 5) is 12.2. The second-order valence-corrected chi connectivity index (χ2v) is 10.0. The highest BCUT2D eigenvalue weighted by Gasteiger charge is 2.62. The van der Waals surface area contributed by atoms with Crippen LogP contribution in [0.15, 0.2) is 0 Å². The van der Waals surface area contributed by atoms with E-state index in [1.54, 1.807) is 6.92 Å². The van der Waals surface area contributed by atoms with Crippen LogP contribution in [0.1, 0.15) is 72.1 Å². The maximum Gasteiger partial charge on any atom is 0.136 e. The molecule has 0 saturated heterocycles. The van der Waals surface area contributed by atoms with Crippen LogP contribution in [0.25, 0.3) is 0 Å². The van der Waals surface area contributed by atoms with Gasteiger partial charge in [0.25, 0.3) is 0 Å². The second-order valence-electron chi connectivity index (χ2n) is 10.0. The average molecular weight is 335 g/mol. The van der Waals surface area contributed by atoms with Crippen LogP contribution in [0.4, 0.5) is 0 Å². The van der Waals surface area contributed by atoms with E-state index >= 15 is 0 Å². The molecule has 0 amide bonds. The number of aliphatic hydroxyl groups is 2. The van der Waals surface area contributed by atoms with Crippen molar-refractivity contribution in [1.29, 1.82) is 0 Å². The fourth-order valence-electron chi connectivity index (χ4n) is 7.98. The van der Waals surface area contributed by atoms with Crippen molar-refractivity contribution < 1.29 is 15.0 Å². The van der Waals surface area contributed by atoms with E-state index in [1.165, 1.54) is 19.3 Å². The average Bonchev–Trinajstić information content (AvgIpc) is 2.78.